The first-order chi connectivity index (χ1) is 15.0. The summed E-state index contributed by atoms with van der Waals surface area (Å²) in [5.74, 6) is -0.263. The average Bonchev–Trinajstić information content (AvgIpc) is 3.08. The van der Waals surface area contributed by atoms with Gasteiger partial charge < -0.3 is 9.84 Å². The van der Waals surface area contributed by atoms with Gasteiger partial charge in [-0.25, -0.2) is 8.42 Å². The third-order valence-corrected chi connectivity index (χ3v) is 7.78. The molecule has 1 N–H and O–H groups in total. The van der Waals surface area contributed by atoms with Gasteiger partial charge in [-0.15, -0.1) is 0 Å². The van der Waals surface area contributed by atoms with Crippen LogP contribution in [-0.2, 0) is 14.8 Å². The third kappa shape index (κ3) is 5.13. The largest absolute Gasteiger partial charge is 0.355 e. The number of hydrogen-bond acceptors (Lipinski definition) is 5. The second-order valence-electron chi connectivity index (χ2n) is 8.97. The summed E-state index contributed by atoms with van der Waals surface area (Å²) in [6.45, 7) is 12.0. The molecule has 1 aromatic heterocycles. The minimum atomic E-state index is -3.86. The minimum absolute atomic E-state index is 0.0141. The lowest BCUT2D eigenvalue weighted by Gasteiger charge is -2.31. The molecule has 1 saturated heterocycles. The lowest BCUT2D eigenvalue weighted by Crippen LogP contribution is -2.46. The van der Waals surface area contributed by atoms with Crippen molar-refractivity contribution in [3.05, 3.63) is 45.8 Å². The Morgan fingerprint density at radius 3 is 2.47 bits per heavy atom. The lowest BCUT2D eigenvalue weighted by molar-refractivity contribution is -0.126. The average molecular weight is 460 g/mol. The van der Waals surface area contributed by atoms with Crippen molar-refractivity contribution in [3.8, 4) is 0 Å². The van der Waals surface area contributed by atoms with E-state index in [1.54, 1.807) is 13.0 Å². The summed E-state index contributed by atoms with van der Waals surface area (Å²) in [5, 5.41) is 6.82. The SMILES string of the molecule is Cc1cc(C)c(/C=C/c2onc(C)c2S(=O)(=O)N2CCCC(C(=O)NC(C)C)C2)c(C)c1. The monoisotopic (exact) mass is 459 g/mol. The maximum Gasteiger partial charge on any atom is 0.248 e. The van der Waals surface area contributed by atoms with Crippen molar-refractivity contribution in [2.75, 3.05) is 13.1 Å². The lowest BCUT2D eigenvalue weighted by atomic mass is 9.98. The molecule has 3 rings (SSSR count). The number of aromatic nitrogens is 1. The molecule has 1 aliphatic rings. The highest BCUT2D eigenvalue weighted by Crippen LogP contribution is 2.30. The first-order valence-corrected chi connectivity index (χ1v) is 12.5. The van der Waals surface area contributed by atoms with Gasteiger partial charge >= 0.3 is 0 Å². The second-order valence-corrected chi connectivity index (χ2v) is 10.8. The number of piperidine rings is 1. The molecule has 1 unspecified atom stereocenters. The summed E-state index contributed by atoms with van der Waals surface area (Å²) >= 11 is 0. The fourth-order valence-electron chi connectivity index (χ4n) is 4.32. The molecule has 1 aliphatic heterocycles. The maximum atomic E-state index is 13.5. The topological polar surface area (TPSA) is 92.5 Å². The van der Waals surface area contributed by atoms with Gasteiger partial charge in [0.05, 0.1) is 5.92 Å². The van der Waals surface area contributed by atoms with Crippen LogP contribution in [0.5, 0.6) is 0 Å². The highest BCUT2D eigenvalue weighted by Gasteiger charge is 2.37. The molecule has 1 atom stereocenters. The fraction of sp³-hybridized carbons (Fsp3) is 0.500. The van der Waals surface area contributed by atoms with Crippen LogP contribution in [-0.4, -0.2) is 42.9 Å². The molecule has 32 heavy (non-hydrogen) atoms. The number of carbonyl (C=O) groups is 1. The summed E-state index contributed by atoms with van der Waals surface area (Å²) < 4.78 is 33.9. The van der Waals surface area contributed by atoms with E-state index in [0.29, 0.717) is 25.1 Å². The van der Waals surface area contributed by atoms with E-state index in [0.717, 1.165) is 16.7 Å². The maximum absolute atomic E-state index is 13.5. The van der Waals surface area contributed by atoms with Gasteiger partial charge in [0, 0.05) is 19.1 Å². The number of sulfonamides is 1. The highest BCUT2D eigenvalue weighted by molar-refractivity contribution is 7.89. The molecular weight excluding hydrogens is 426 g/mol. The van der Waals surface area contributed by atoms with Crippen molar-refractivity contribution < 1.29 is 17.7 Å². The van der Waals surface area contributed by atoms with E-state index in [-0.39, 0.29) is 35.1 Å². The smallest absolute Gasteiger partial charge is 0.248 e. The van der Waals surface area contributed by atoms with E-state index in [1.807, 2.05) is 40.7 Å². The predicted octanol–water partition coefficient (Wildman–Crippen LogP) is 4.00. The van der Waals surface area contributed by atoms with Crippen LogP contribution in [0.2, 0.25) is 0 Å². The number of hydrogen-bond donors (Lipinski definition) is 1. The Kier molecular flexibility index (Phi) is 7.25. The van der Waals surface area contributed by atoms with Gasteiger partial charge in [0.25, 0.3) is 0 Å². The first-order valence-electron chi connectivity index (χ1n) is 11.0. The van der Waals surface area contributed by atoms with Crippen LogP contribution >= 0.6 is 0 Å². The molecule has 2 heterocycles. The van der Waals surface area contributed by atoms with Gasteiger partial charge in [-0.3, -0.25) is 4.79 Å². The van der Waals surface area contributed by atoms with Gasteiger partial charge in [0.15, 0.2) is 10.7 Å². The Morgan fingerprint density at radius 1 is 1.19 bits per heavy atom. The summed E-state index contributed by atoms with van der Waals surface area (Å²) in [6.07, 6.45) is 4.85. The summed E-state index contributed by atoms with van der Waals surface area (Å²) in [4.78, 5) is 12.5. The predicted molar refractivity (Wildman–Crippen MR) is 126 cm³/mol. The minimum Gasteiger partial charge on any atom is -0.355 e. The number of aryl methyl sites for hydroxylation is 4. The molecular formula is C24H33N3O4S. The molecule has 2 aromatic rings. The van der Waals surface area contributed by atoms with E-state index in [4.69, 9.17) is 4.52 Å². The Hall–Kier alpha value is -2.45. The van der Waals surface area contributed by atoms with Crippen LogP contribution in [0.25, 0.3) is 12.2 Å². The fourth-order valence-corrected chi connectivity index (χ4v) is 6.09. The van der Waals surface area contributed by atoms with Crippen LogP contribution in [0.3, 0.4) is 0 Å². The number of benzene rings is 1. The van der Waals surface area contributed by atoms with Crippen LogP contribution in [0.15, 0.2) is 21.6 Å². The molecule has 1 amide bonds. The van der Waals surface area contributed by atoms with Crippen LogP contribution in [0.4, 0.5) is 0 Å². The van der Waals surface area contributed by atoms with Gasteiger partial charge in [0.1, 0.15) is 5.69 Å². The second kappa shape index (κ2) is 9.58. The Morgan fingerprint density at radius 2 is 1.84 bits per heavy atom. The number of nitrogens with one attached hydrogen (secondary N) is 1. The van der Waals surface area contributed by atoms with Gasteiger partial charge in [-0.1, -0.05) is 28.9 Å². The van der Waals surface area contributed by atoms with Gasteiger partial charge in [0.2, 0.25) is 15.9 Å². The zero-order chi connectivity index (χ0) is 23.6. The Balaban J connectivity index is 1.90. The molecule has 174 valence electrons. The van der Waals surface area contributed by atoms with E-state index >= 15 is 0 Å². The molecule has 0 spiro atoms. The zero-order valence-electron chi connectivity index (χ0n) is 19.7. The normalized spacial score (nSPS) is 17.9. The summed E-state index contributed by atoms with van der Waals surface area (Å²) in [6, 6.07) is 4.19. The van der Waals surface area contributed by atoms with E-state index in [1.165, 1.54) is 9.87 Å². The van der Waals surface area contributed by atoms with Crippen LogP contribution < -0.4 is 5.32 Å². The van der Waals surface area contributed by atoms with Crippen LogP contribution in [0, 0.1) is 33.6 Å². The number of rotatable bonds is 6. The van der Waals surface area contributed by atoms with Crippen molar-refractivity contribution in [3.63, 3.8) is 0 Å². The van der Waals surface area contributed by atoms with E-state index < -0.39 is 10.0 Å². The summed E-state index contributed by atoms with van der Waals surface area (Å²) in [5.41, 5.74) is 4.73. The van der Waals surface area contributed by atoms with Crippen molar-refractivity contribution in [2.24, 2.45) is 5.92 Å². The Bertz CT molecular complexity index is 1110. The Labute approximate surface area is 190 Å². The molecule has 0 saturated carbocycles. The standard InChI is InChI=1S/C24H33N3O4S/c1-15(2)25-24(28)20-8-7-11-27(14-20)32(29,30)23-19(6)26-31-22(23)10-9-21-17(4)12-16(3)13-18(21)5/h9-10,12-13,15,20H,7-8,11,14H2,1-6H3,(H,25,28)/b10-9+. The third-order valence-electron chi connectivity index (χ3n) is 5.76. The zero-order valence-corrected chi connectivity index (χ0v) is 20.5. The van der Waals surface area contributed by atoms with Crippen molar-refractivity contribution in [1.29, 1.82) is 0 Å². The van der Waals surface area contributed by atoms with Gasteiger partial charge in [-0.2, -0.15) is 4.31 Å². The molecule has 0 aliphatic carbocycles. The number of amides is 1. The van der Waals surface area contributed by atoms with E-state index in [2.05, 4.69) is 22.6 Å². The highest BCUT2D eigenvalue weighted by atomic mass is 32.2. The van der Waals surface area contributed by atoms with Crippen molar-refractivity contribution >= 4 is 28.1 Å². The molecule has 0 radical (unpaired) electrons. The van der Waals surface area contributed by atoms with Gasteiger partial charge in [-0.05, 0) is 77.2 Å². The van der Waals surface area contributed by atoms with E-state index in [9.17, 15) is 13.2 Å². The number of carbonyl (C=O) groups excluding carboxylic acids is 1. The molecule has 7 nitrogen and oxygen atoms in total. The number of nitrogens with zero attached hydrogens (tertiary/aromatic N) is 2. The first kappa shape index (κ1) is 24.2. The molecule has 1 fully saturated rings. The quantitative estimate of drug-likeness (QED) is 0.705. The van der Waals surface area contributed by atoms with Crippen molar-refractivity contribution in [1.82, 2.24) is 14.8 Å². The molecule has 0 bridgehead atoms. The molecule has 8 heteroatoms. The van der Waals surface area contributed by atoms with Crippen LogP contribution in [0.1, 0.15) is 60.4 Å². The molecule has 1 aromatic carbocycles. The van der Waals surface area contributed by atoms with Crippen molar-refractivity contribution in [2.45, 2.75) is 65.3 Å². The summed E-state index contributed by atoms with van der Waals surface area (Å²) in [7, 11) is -3.86.